The van der Waals surface area contributed by atoms with Crippen LogP contribution in [-0.4, -0.2) is 74.9 Å². The van der Waals surface area contributed by atoms with Crippen molar-refractivity contribution in [2.75, 3.05) is 38.1 Å². The van der Waals surface area contributed by atoms with Gasteiger partial charge in [0.2, 0.25) is 0 Å². The van der Waals surface area contributed by atoms with E-state index in [1.54, 1.807) is 46.5 Å². The molecule has 3 aromatic heterocycles. The number of unbranched alkanes of at least 4 members (excludes halogenated alkanes) is 1. The number of rotatable bonds is 7. The molecule has 1 aliphatic rings. The Kier molecular flexibility index (Phi) is 9.53. The lowest BCUT2D eigenvalue weighted by atomic mass is 10.0. The van der Waals surface area contributed by atoms with Gasteiger partial charge in [0.15, 0.2) is 0 Å². The molecule has 10 heteroatoms. The summed E-state index contributed by atoms with van der Waals surface area (Å²) in [6, 6.07) is 23.9. The third-order valence-corrected chi connectivity index (χ3v) is 7.89. The van der Waals surface area contributed by atoms with Crippen LogP contribution in [0.15, 0.2) is 97.5 Å². The summed E-state index contributed by atoms with van der Waals surface area (Å²) in [6.45, 7) is 4.32. The predicted octanol–water partition coefficient (Wildman–Crippen LogP) is 5.74. The molecule has 1 N–H and O–H groups in total. The number of anilines is 1. The predicted molar refractivity (Wildman–Crippen MR) is 179 cm³/mol. The molecule has 6 rings (SSSR count). The molecule has 3 amide bonds. The number of nitrogens with zero attached hydrogens (tertiary/aromatic N) is 5. The Morgan fingerprint density at radius 2 is 1.57 bits per heavy atom. The van der Waals surface area contributed by atoms with Crippen molar-refractivity contribution in [3.05, 3.63) is 120 Å². The first kappa shape index (κ1) is 31.0. The van der Waals surface area contributed by atoms with E-state index in [0.717, 1.165) is 29.6 Å². The summed E-state index contributed by atoms with van der Waals surface area (Å²) in [5, 5.41) is 2.81. The van der Waals surface area contributed by atoms with Crippen molar-refractivity contribution < 1.29 is 19.1 Å². The van der Waals surface area contributed by atoms with Gasteiger partial charge in [-0.2, -0.15) is 0 Å². The minimum Gasteiger partial charge on any atom is -0.449 e. The number of ether oxygens (including phenoxy) is 1. The number of carbonyl (C=O) groups is 3. The lowest BCUT2D eigenvalue weighted by molar-refractivity contribution is 0.0557. The standard InChI is InChI=1S/C37H34N6O4/c1-2-3-23-47-37(46)42-21-19-41(20-22-42)36(45)30-12-10-28(11-13-30)31-14-16-34-39-25-32(43(34)26-31)15-9-27-17-18-38-33(24-27)40-35(44)29-7-5-4-6-8-29/h4-8,10-14,16-18,24-26H,2-3,19-23H2,1H3,(H,38,40,44). The SMILES string of the molecule is CCCCOC(=O)N1CCN(C(=O)c2ccc(-c3ccc4ncc(C#Cc5ccnc(NC(=O)c6ccccc6)c5)n4c3)cc2)CC1. The number of imidazole rings is 1. The number of benzene rings is 2. The van der Waals surface area contributed by atoms with Crippen LogP contribution in [0.2, 0.25) is 0 Å². The Bertz CT molecular complexity index is 1950. The molecule has 0 radical (unpaired) electrons. The van der Waals surface area contributed by atoms with E-state index in [9.17, 15) is 14.4 Å². The van der Waals surface area contributed by atoms with Crippen LogP contribution in [0.3, 0.4) is 0 Å². The highest BCUT2D eigenvalue weighted by atomic mass is 16.6. The molecule has 10 nitrogen and oxygen atoms in total. The number of aromatic nitrogens is 3. The highest BCUT2D eigenvalue weighted by Crippen LogP contribution is 2.22. The monoisotopic (exact) mass is 626 g/mol. The first-order valence-corrected chi connectivity index (χ1v) is 15.6. The van der Waals surface area contributed by atoms with Crippen molar-refractivity contribution in [1.29, 1.82) is 0 Å². The van der Waals surface area contributed by atoms with E-state index in [1.165, 1.54) is 0 Å². The van der Waals surface area contributed by atoms with E-state index >= 15 is 0 Å². The summed E-state index contributed by atoms with van der Waals surface area (Å²) in [7, 11) is 0. The van der Waals surface area contributed by atoms with Crippen LogP contribution < -0.4 is 5.32 Å². The molecule has 2 aromatic carbocycles. The number of pyridine rings is 2. The summed E-state index contributed by atoms with van der Waals surface area (Å²) >= 11 is 0. The second-order valence-electron chi connectivity index (χ2n) is 11.1. The van der Waals surface area contributed by atoms with Crippen molar-refractivity contribution in [2.45, 2.75) is 19.8 Å². The molecule has 1 aliphatic heterocycles. The fourth-order valence-corrected chi connectivity index (χ4v) is 5.21. The summed E-state index contributed by atoms with van der Waals surface area (Å²) in [4.78, 5) is 50.1. The molecule has 0 aliphatic carbocycles. The van der Waals surface area contributed by atoms with E-state index in [2.05, 4.69) is 34.0 Å². The number of hydrogen-bond donors (Lipinski definition) is 1. The van der Waals surface area contributed by atoms with Gasteiger partial charge in [-0.05, 0) is 72.0 Å². The summed E-state index contributed by atoms with van der Waals surface area (Å²) < 4.78 is 7.23. The maximum absolute atomic E-state index is 13.2. The Balaban J connectivity index is 1.11. The quantitative estimate of drug-likeness (QED) is 0.182. The molecule has 1 saturated heterocycles. The fourth-order valence-electron chi connectivity index (χ4n) is 5.21. The molecule has 47 heavy (non-hydrogen) atoms. The van der Waals surface area contributed by atoms with E-state index in [0.29, 0.717) is 61.0 Å². The molecule has 5 aromatic rings. The van der Waals surface area contributed by atoms with E-state index < -0.39 is 0 Å². The first-order valence-electron chi connectivity index (χ1n) is 15.6. The van der Waals surface area contributed by atoms with Gasteiger partial charge in [-0.25, -0.2) is 14.8 Å². The van der Waals surface area contributed by atoms with Crippen molar-refractivity contribution in [1.82, 2.24) is 24.2 Å². The second-order valence-corrected chi connectivity index (χ2v) is 11.1. The van der Waals surface area contributed by atoms with Crippen molar-refractivity contribution >= 4 is 29.4 Å². The highest BCUT2D eigenvalue weighted by Gasteiger charge is 2.25. The fraction of sp³-hybridized carbons (Fsp3) is 0.216. The maximum atomic E-state index is 13.2. The Morgan fingerprint density at radius 3 is 2.34 bits per heavy atom. The number of nitrogens with one attached hydrogen (secondary N) is 1. The minimum atomic E-state index is -0.310. The van der Waals surface area contributed by atoms with Crippen molar-refractivity contribution in [3.8, 4) is 23.0 Å². The number of fused-ring (bicyclic) bond motifs is 1. The van der Waals surface area contributed by atoms with Gasteiger partial charge in [-0.3, -0.25) is 14.0 Å². The van der Waals surface area contributed by atoms with Crippen LogP contribution in [-0.2, 0) is 4.74 Å². The lowest BCUT2D eigenvalue weighted by Crippen LogP contribution is -2.50. The van der Waals surface area contributed by atoms with Crippen molar-refractivity contribution in [2.24, 2.45) is 0 Å². The Hall–Kier alpha value is -5.95. The molecule has 0 bridgehead atoms. The van der Waals surface area contributed by atoms with Gasteiger partial charge in [-0.15, -0.1) is 0 Å². The number of piperazine rings is 1. The van der Waals surface area contributed by atoms with E-state index in [1.807, 2.05) is 65.2 Å². The smallest absolute Gasteiger partial charge is 0.409 e. The van der Waals surface area contributed by atoms with Gasteiger partial charge in [0.1, 0.15) is 17.2 Å². The summed E-state index contributed by atoms with van der Waals surface area (Å²) in [6.07, 6.45) is 6.80. The second kappa shape index (κ2) is 14.4. The molecule has 0 unspecified atom stereocenters. The average molecular weight is 627 g/mol. The van der Waals surface area contributed by atoms with Crippen LogP contribution >= 0.6 is 0 Å². The molecule has 0 saturated carbocycles. The minimum absolute atomic E-state index is 0.0583. The summed E-state index contributed by atoms with van der Waals surface area (Å²) in [5.41, 5.74) is 5.19. The third-order valence-electron chi connectivity index (χ3n) is 7.89. The first-order chi connectivity index (χ1) is 23.0. The van der Waals surface area contributed by atoms with Gasteiger partial charge in [-0.1, -0.05) is 49.6 Å². The normalized spacial score (nSPS) is 12.7. The third kappa shape index (κ3) is 7.48. The lowest BCUT2D eigenvalue weighted by Gasteiger charge is -2.34. The molecular weight excluding hydrogens is 592 g/mol. The molecule has 0 spiro atoms. The maximum Gasteiger partial charge on any atom is 0.409 e. The molecule has 1 fully saturated rings. The Morgan fingerprint density at radius 1 is 0.830 bits per heavy atom. The molecule has 236 valence electrons. The van der Waals surface area contributed by atoms with Crippen LogP contribution in [0.25, 0.3) is 16.8 Å². The number of hydrogen-bond acceptors (Lipinski definition) is 6. The Labute approximate surface area is 273 Å². The van der Waals surface area contributed by atoms with E-state index in [4.69, 9.17) is 4.74 Å². The average Bonchev–Trinajstić information content (AvgIpc) is 3.53. The van der Waals surface area contributed by atoms with Gasteiger partial charge >= 0.3 is 6.09 Å². The number of amides is 3. The van der Waals surface area contributed by atoms with Crippen LogP contribution in [0, 0.1) is 11.8 Å². The molecular formula is C37H34N6O4. The number of carbonyl (C=O) groups excluding carboxylic acids is 3. The van der Waals surface area contributed by atoms with Gasteiger partial charge in [0, 0.05) is 55.3 Å². The van der Waals surface area contributed by atoms with Gasteiger partial charge in [0.05, 0.1) is 12.8 Å². The zero-order valence-electron chi connectivity index (χ0n) is 26.1. The molecule has 4 heterocycles. The zero-order valence-corrected chi connectivity index (χ0v) is 26.1. The summed E-state index contributed by atoms with van der Waals surface area (Å²) in [5.74, 6) is 6.45. The largest absolute Gasteiger partial charge is 0.449 e. The highest BCUT2D eigenvalue weighted by molar-refractivity contribution is 6.03. The van der Waals surface area contributed by atoms with E-state index in [-0.39, 0.29) is 17.9 Å². The zero-order chi connectivity index (χ0) is 32.6. The van der Waals surface area contributed by atoms with Gasteiger partial charge in [0.25, 0.3) is 11.8 Å². The van der Waals surface area contributed by atoms with Crippen LogP contribution in [0.5, 0.6) is 0 Å². The van der Waals surface area contributed by atoms with Gasteiger partial charge < -0.3 is 19.9 Å². The molecule has 0 atom stereocenters. The van der Waals surface area contributed by atoms with Crippen LogP contribution in [0.4, 0.5) is 10.6 Å². The topological polar surface area (TPSA) is 109 Å². The van der Waals surface area contributed by atoms with Crippen LogP contribution in [0.1, 0.15) is 51.7 Å². The van der Waals surface area contributed by atoms with Crippen molar-refractivity contribution in [3.63, 3.8) is 0 Å².